The monoisotopic (exact) mass is 425 g/mol. The summed E-state index contributed by atoms with van der Waals surface area (Å²) in [6.07, 6.45) is 7.30. The van der Waals surface area contributed by atoms with Crippen molar-refractivity contribution in [1.29, 1.82) is 0 Å². The molecule has 1 aliphatic carbocycles. The van der Waals surface area contributed by atoms with Crippen LogP contribution in [0.3, 0.4) is 0 Å². The normalized spacial score (nSPS) is 24.8. The van der Waals surface area contributed by atoms with E-state index in [9.17, 15) is 9.35 Å². The van der Waals surface area contributed by atoms with Gasteiger partial charge in [0, 0.05) is 42.9 Å². The maximum absolute atomic E-state index is 11.8. The van der Waals surface area contributed by atoms with Crippen LogP contribution >= 0.6 is 11.6 Å². The van der Waals surface area contributed by atoms with E-state index in [-0.39, 0.29) is 17.7 Å². The molecule has 3 rings (SSSR count). The summed E-state index contributed by atoms with van der Waals surface area (Å²) in [5.74, 6) is 0.827. The molecule has 0 unspecified atom stereocenters. The summed E-state index contributed by atoms with van der Waals surface area (Å²) in [7, 11) is 0. The van der Waals surface area contributed by atoms with Gasteiger partial charge in [0.25, 0.3) is 5.91 Å². The van der Waals surface area contributed by atoms with Gasteiger partial charge in [-0.05, 0) is 80.0 Å². The van der Waals surface area contributed by atoms with Gasteiger partial charge in [-0.1, -0.05) is 11.6 Å². The Labute approximate surface area is 177 Å². The van der Waals surface area contributed by atoms with E-state index in [1.165, 1.54) is 31.5 Å². The van der Waals surface area contributed by atoms with Crippen molar-refractivity contribution < 1.29 is 9.35 Å². The molecule has 28 heavy (non-hydrogen) atoms. The van der Waals surface area contributed by atoms with Gasteiger partial charge in [-0.25, -0.2) is 0 Å². The zero-order valence-corrected chi connectivity index (χ0v) is 18.3. The third-order valence-electron chi connectivity index (χ3n) is 5.96. The zero-order valence-electron chi connectivity index (χ0n) is 16.7. The number of benzene rings is 1. The van der Waals surface area contributed by atoms with Crippen LogP contribution in [-0.4, -0.2) is 66.1 Å². The zero-order chi connectivity index (χ0) is 19.9. The minimum absolute atomic E-state index is 0.0668. The summed E-state index contributed by atoms with van der Waals surface area (Å²) in [5, 5.41) is 3.83. The van der Waals surface area contributed by atoms with Crippen LogP contribution in [0, 0.1) is 5.92 Å². The van der Waals surface area contributed by atoms with Gasteiger partial charge in [-0.2, -0.15) is 0 Å². The van der Waals surface area contributed by atoms with Gasteiger partial charge in [-0.3, -0.25) is 9.69 Å². The first-order chi connectivity index (χ1) is 13.5. The maximum atomic E-state index is 11.8. The van der Waals surface area contributed by atoms with Crippen LogP contribution in [0.15, 0.2) is 24.3 Å². The average Bonchev–Trinajstić information content (AvgIpc) is 2.68. The highest BCUT2D eigenvalue weighted by Gasteiger charge is 2.24. The molecule has 5 nitrogen and oxygen atoms in total. The minimum Gasteiger partial charge on any atom is -0.616 e. The van der Waals surface area contributed by atoms with Gasteiger partial charge < -0.3 is 14.8 Å². The summed E-state index contributed by atoms with van der Waals surface area (Å²) in [5.41, 5.74) is 1.26. The lowest BCUT2D eigenvalue weighted by Gasteiger charge is -2.37. The average molecular weight is 426 g/mol. The van der Waals surface area contributed by atoms with E-state index in [0.717, 1.165) is 50.0 Å². The van der Waals surface area contributed by atoms with Crippen molar-refractivity contribution in [3.63, 3.8) is 0 Å². The molecule has 1 aromatic carbocycles. The first-order valence-corrected chi connectivity index (χ1v) is 12.4. The number of rotatable bonds is 7. The molecule has 0 radical (unpaired) electrons. The maximum Gasteiger partial charge on any atom is 0.270 e. The topological polar surface area (TPSA) is 58.6 Å². The minimum atomic E-state index is -1.06. The van der Waals surface area contributed by atoms with Crippen molar-refractivity contribution in [3.8, 4) is 0 Å². The lowest BCUT2D eigenvalue weighted by molar-refractivity contribution is -0.119. The van der Waals surface area contributed by atoms with E-state index in [1.807, 2.05) is 12.1 Å². The number of anilines is 1. The number of hydrogen-bond donors (Lipinski definition) is 1. The van der Waals surface area contributed by atoms with Crippen LogP contribution in [0.5, 0.6) is 0 Å². The van der Waals surface area contributed by atoms with Gasteiger partial charge in [0.1, 0.15) is 0 Å². The van der Waals surface area contributed by atoms with Crippen molar-refractivity contribution in [2.24, 2.45) is 5.92 Å². The molecule has 2 fully saturated rings. The summed E-state index contributed by atoms with van der Waals surface area (Å²) in [4.78, 5) is 16.8. The van der Waals surface area contributed by atoms with Crippen LogP contribution in [0.25, 0.3) is 0 Å². The molecule has 1 amide bonds. The largest absolute Gasteiger partial charge is 0.616 e. The summed E-state index contributed by atoms with van der Waals surface area (Å²) in [6, 6.07) is 8.41. The van der Waals surface area contributed by atoms with Crippen LogP contribution in [0.4, 0.5) is 5.69 Å². The Hall–Kier alpha value is -0.950. The van der Waals surface area contributed by atoms with Crippen LogP contribution in [0.1, 0.15) is 32.1 Å². The Morgan fingerprint density at radius 1 is 1.14 bits per heavy atom. The molecule has 0 bridgehead atoms. The molecular formula is C21H32ClN3O2S. The lowest BCUT2D eigenvalue weighted by Crippen LogP contribution is -2.47. The smallest absolute Gasteiger partial charge is 0.270 e. The molecule has 1 N–H and O–H groups in total. The van der Waals surface area contributed by atoms with Gasteiger partial charge >= 0.3 is 0 Å². The molecule has 7 heteroatoms. The van der Waals surface area contributed by atoms with E-state index in [1.54, 1.807) is 6.26 Å². The second kappa shape index (κ2) is 10.7. The quantitative estimate of drug-likeness (QED) is 0.682. The number of carbonyl (C=O) groups excluding carboxylic acids is 1. The van der Waals surface area contributed by atoms with Gasteiger partial charge in [-0.15, -0.1) is 0 Å². The van der Waals surface area contributed by atoms with E-state index in [0.29, 0.717) is 0 Å². The van der Waals surface area contributed by atoms with Gasteiger partial charge in [0.15, 0.2) is 5.75 Å². The molecule has 156 valence electrons. The highest BCUT2D eigenvalue weighted by molar-refractivity contribution is 7.91. The van der Waals surface area contributed by atoms with Crippen molar-refractivity contribution in [3.05, 3.63) is 29.3 Å². The number of nitrogens with one attached hydrogen (secondary N) is 1. The third-order valence-corrected chi connectivity index (χ3v) is 6.88. The first-order valence-electron chi connectivity index (χ1n) is 10.3. The van der Waals surface area contributed by atoms with E-state index in [4.69, 9.17) is 11.6 Å². The number of nitrogens with zero attached hydrogens (tertiary/aromatic N) is 2. The van der Waals surface area contributed by atoms with Gasteiger partial charge in [0.05, 0.1) is 6.26 Å². The van der Waals surface area contributed by atoms with Crippen molar-refractivity contribution >= 4 is 34.4 Å². The molecular weight excluding hydrogens is 394 g/mol. The Balaban J connectivity index is 1.31. The summed E-state index contributed by atoms with van der Waals surface area (Å²) >= 11 is 4.93. The second-order valence-corrected chi connectivity index (χ2v) is 9.97. The van der Waals surface area contributed by atoms with Gasteiger partial charge in [0.2, 0.25) is 0 Å². The third kappa shape index (κ3) is 6.83. The molecule has 1 aromatic rings. The van der Waals surface area contributed by atoms with Crippen molar-refractivity contribution in [2.75, 3.05) is 49.6 Å². The molecule has 0 aromatic heterocycles. The van der Waals surface area contributed by atoms with Crippen LogP contribution in [0.2, 0.25) is 5.02 Å². The predicted octanol–water partition coefficient (Wildman–Crippen LogP) is 2.91. The lowest BCUT2D eigenvalue weighted by atomic mass is 9.84. The standard InChI is InChI=1S/C21H32ClN3O2S/c1-28(27)16-21(26)23-19-6-2-17(3-7-19)10-11-24-12-14-25(15-13-24)20-8-4-18(22)5-9-20/h4-5,8-9,17,19H,2-3,6-7,10-16H2,1H3,(H,23,26)/t17?,19?,28-/m0/s1. The number of halogens is 1. The fourth-order valence-corrected chi connectivity index (χ4v) is 4.87. The molecule has 1 heterocycles. The highest BCUT2D eigenvalue weighted by atomic mass is 35.5. The molecule has 0 spiro atoms. The first kappa shape index (κ1) is 21.8. The fourth-order valence-electron chi connectivity index (χ4n) is 4.30. The van der Waals surface area contributed by atoms with Crippen molar-refractivity contribution in [1.82, 2.24) is 10.2 Å². The fraction of sp³-hybridized carbons (Fsp3) is 0.667. The Bertz CT molecular complexity index is 613. The Morgan fingerprint density at radius 3 is 2.39 bits per heavy atom. The SMILES string of the molecule is C[S@+]([O-])CC(=O)NC1CCC(CCN2CCN(c3ccc(Cl)cc3)CC2)CC1. The van der Waals surface area contributed by atoms with E-state index >= 15 is 0 Å². The number of piperazine rings is 1. The molecule has 2 aliphatic rings. The van der Waals surface area contributed by atoms with Crippen LogP contribution in [-0.2, 0) is 16.0 Å². The molecule has 1 aliphatic heterocycles. The Kier molecular flexibility index (Phi) is 8.33. The molecule has 1 saturated carbocycles. The number of carbonyl (C=O) groups is 1. The van der Waals surface area contributed by atoms with Crippen LogP contribution < -0.4 is 10.2 Å². The Morgan fingerprint density at radius 2 is 1.79 bits per heavy atom. The van der Waals surface area contributed by atoms with E-state index < -0.39 is 11.2 Å². The summed E-state index contributed by atoms with van der Waals surface area (Å²) in [6.45, 7) is 5.54. The highest BCUT2D eigenvalue weighted by Crippen LogP contribution is 2.27. The predicted molar refractivity (Wildman–Crippen MR) is 118 cm³/mol. The van der Waals surface area contributed by atoms with E-state index in [2.05, 4.69) is 27.2 Å². The number of amides is 1. The second-order valence-electron chi connectivity index (χ2n) is 8.10. The van der Waals surface area contributed by atoms with Crippen molar-refractivity contribution in [2.45, 2.75) is 38.1 Å². The summed E-state index contributed by atoms with van der Waals surface area (Å²) < 4.78 is 11.1. The molecule has 1 saturated heterocycles. The number of hydrogen-bond acceptors (Lipinski definition) is 4. The molecule has 1 atom stereocenters.